The molecule has 0 radical (unpaired) electrons. The molecule has 90 valence electrons. The topological polar surface area (TPSA) is 17.1 Å². The van der Waals surface area contributed by atoms with Crippen molar-refractivity contribution >= 4 is 46.1 Å². The minimum atomic E-state index is -1.02. The summed E-state index contributed by atoms with van der Waals surface area (Å²) in [4.78, 5) is 6.68. The summed E-state index contributed by atoms with van der Waals surface area (Å²) in [6.07, 6.45) is 0. The van der Waals surface area contributed by atoms with Crippen molar-refractivity contribution in [2.45, 2.75) is 29.4 Å². The van der Waals surface area contributed by atoms with Crippen LogP contribution in [0.25, 0.3) is 0 Å². The van der Waals surface area contributed by atoms with Crippen molar-refractivity contribution in [2.24, 2.45) is 0 Å². The lowest BCUT2D eigenvalue weighted by molar-refractivity contribution is 0.675. The van der Waals surface area contributed by atoms with Gasteiger partial charge >= 0.3 is 0 Å². The van der Waals surface area contributed by atoms with E-state index in [1.807, 2.05) is 0 Å². The highest BCUT2D eigenvalue weighted by Gasteiger charge is 2.29. The zero-order chi connectivity index (χ0) is 12.1. The Morgan fingerprint density at radius 1 is 0.833 bits per heavy atom. The molecule has 0 spiro atoms. The maximum absolute atomic E-state index is 12.8. The van der Waals surface area contributed by atoms with Crippen LogP contribution in [0.3, 0.4) is 0 Å². The summed E-state index contributed by atoms with van der Waals surface area (Å²) >= 11 is 5.32. The molecule has 2 heterocycles. The highest BCUT2D eigenvalue weighted by Crippen LogP contribution is 2.51. The Kier molecular flexibility index (Phi) is 2.76. The smallest absolute Gasteiger partial charge is 0.0895 e. The predicted octanol–water partition coefficient (Wildman–Crippen LogP) is 4.47. The van der Waals surface area contributed by atoms with Crippen LogP contribution in [-0.2, 0) is 10.8 Å². The standard InChI is InChI=1S/C13H8OS4/c14-18-12-8-3-1-5-10(12)17-11-6-2-4-9(13(11)18)16-7-15-8/h1-6H,7H2. The summed E-state index contributed by atoms with van der Waals surface area (Å²) in [6.45, 7) is 0. The van der Waals surface area contributed by atoms with Crippen LogP contribution in [-0.4, -0.2) is 9.29 Å². The van der Waals surface area contributed by atoms with E-state index in [1.54, 1.807) is 35.3 Å². The zero-order valence-electron chi connectivity index (χ0n) is 9.21. The summed E-state index contributed by atoms with van der Waals surface area (Å²) in [5.74, 6) is 0. The van der Waals surface area contributed by atoms with Crippen molar-refractivity contribution in [1.82, 2.24) is 0 Å². The summed E-state index contributed by atoms with van der Waals surface area (Å²) in [5, 5.41) is 0.981. The Bertz CT molecular complexity index is 625. The molecule has 0 unspecified atom stereocenters. The Morgan fingerprint density at radius 3 is 1.89 bits per heavy atom. The van der Waals surface area contributed by atoms with Crippen molar-refractivity contribution in [3.8, 4) is 0 Å². The number of hydrogen-bond acceptors (Lipinski definition) is 4. The number of hydrogen-bond donors (Lipinski definition) is 0. The van der Waals surface area contributed by atoms with Crippen molar-refractivity contribution in [1.29, 1.82) is 0 Å². The molecule has 0 fully saturated rings. The minimum Gasteiger partial charge on any atom is -0.249 e. The van der Waals surface area contributed by atoms with Gasteiger partial charge in [-0.05, 0) is 24.3 Å². The second-order valence-corrected chi connectivity index (χ2v) is 8.78. The molecule has 2 aliphatic heterocycles. The van der Waals surface area contributed by atoms with Crippen molar-refractivity contribution in [2.75, 3.05) is 5.08 Å². The van der Waals surface area contributed by atoms with Crippen LogP contribution < -0.4 is 0 Å². The van der Waals surface area contributed by atoms with E-state index in [-0.39, 0.29) is 0 Å². The molecule has 0 aliphatic carbocycles. The zero-order valence-corrected chi connectivity index (χ0v) is 12.5. The summed E-state index contributed by atoms with van der Waals surface area (Å²) < 4.78 is 12.8. The molecule has 0 saturated heterocycles. The lowest BCUT2D eigenvalue weighted by Crippen LogP contribution is -2.07. The SMILES string of the molecule is O=S1c2c3cccc2Sc2cccc(c21)SCS3. The Hall–Kier alpha value is -0.360. The largest absolute Gasteiger partial charge is 0.249 e. The van der Waals surface area contributed by atoms with Crippen LogP contribution in [0, 0.1) is 0 Å². The number of rotatable bonds is 0. The van der Waals surface area contributed by atoms with Gasteiger partial charge in [0.2, 0.25) is 0 Å². The first-order valence-corrected chi connectivity index (χ1v) is 9.39. The summed E-state index contributed by atoms with van der Waals surface area (Å²) in [5.41, 5.74) is 0. The minimum absolute atomic E-state index is 0.981. The van der Waals surface area contributed by atoms with Crippen LogP contribution >= 0.6 is 35.3 Å². The van der Waals surface area contributed by atoms with E-state index in [9.17, 15) is 4.21 Å². The maximum atomic E-state index is 12.8. The lowest BCUT2D eigenvalue weighted by Gasteiger charge is -2.24. The van der Waals surface area contributed by atoms with Crippen molar-refractivity contribution in [3.63, 3.8) is 0 Å². The molecule has 0 saturated carbocycles. The normalized spacial score (nSPS) is 17.1. The Balaban J connectivity index is 2.08. The molecule has 1 nitrogen and oxygen atoms in total. The maximum Gasteiger partial charge on any atom is 0.0895 e. The first kappa shape index (κ1) is 11.5. The summed E-state index contributed by atoms with van der Waals surface area (Å²) in [7, 11) is -1.02. The molecule has 2 aliphatic rings. The molecule has 2 aromatic carbocycles. The Labute approximate surface area is 121 Å². The fourth-order valence-corrected chi connectivity index (χ4v) is 7.99. The van der Waals surface area contributed by atoms with E-state index >= 15 is 0 Å². The second kappa shape index (κ2) is 4.34. The van der Waals surface area contributed by atoms with Crippen LogP contribution in [0.15, 0.2) is 65.8 Å². The molecular formula is C13H8OS4. The molecule has 0 atom stereocenters. The quantitative estimate of drug-likeness (QED) is 0.609. The van der Waals surface area contributed by atoms with E-state index in [0.29, 0.717) is 0 Å². The first-order chi connectivity index (χ1) is 8.84. The third-order valence-electron chi connectivity index (χ3n) is 2.91. The van der Waals surface area contributed by atoms with Gasteiger partial charge in [0.15, 0.2) is 0 Å². The molecule has 0 aromatic heterocycles. The lowest BCUT2D eigenvalue weighted by atomic mass is 10.3. The predicted molar refractivity (Wildman–Crippen MR) is 78.3 cm³/mol. The van der Waals surface area contributed by atoms with Gasteiger partial charge in [-0.3, -0.25) is 0 Å². The highest BCUT2D eigenvalue weighted by molar-refractivity contribution is 8.16. The van der Waals surface area contributed by atoms with Crippen LogP contribution in [0.2, 0.25) is 0 Å². The van der Waals surface area contributed by atoms with Crippen molar-refractivity contribution in [3.05, 3.63) is 36.4 Å². The average molecular weight is 308 g/mol. The number of benzene rings is 2. The van der Waals surface area contributed by atoms with E-state index in [2.05, 4.69) is 36.4 Å². The fourth-order valence-electron chi connectivity index (χ4n) is 2.12. The molecule has 2 bridgehead atoms. The Morgan fingerprint density at radius 2 is 1.33 bits per heavy atom. The van der Waals surface area contributed by atoms with Gasteiger partial charge in [0, 0.05) is 24.7 Å². The van der Waals surface area contributed by atoms with E-state index in [4.69, 9.17) is 0 Å². The molecule has 2 aromatic rings. The van der Waals surface area contributed by atoms with Crippen LogP contribution in [0.5, 0.6) is 0 Å². The number of thioether (sulfide) groups is 2. The van der Waals surface area contributed by atoms with Gasteiger partial charge in [0.1, 0.15) is 0 Å². The van der Waals surface area contributed by atoms with Gasteiger partial charge in [-0.2, -0.15) is 0 Å². The molecule has 18 heavy (non-hydrogen) atoms. The monoisotopic (exact) mass is 308 g/mol. The van der Waals surface area contributed by atoms with E-state index in [1.165, 1.54) is 9.79 Å². The van der Waals surface area contributed by atoms with Gasteiger partial charge in [0.05, 0.1) is 20.6 Å². The van der Waals surface area contributed by atoms with Gasteiger partial charge in [-0.25, -0.2) is 4.21 Å². The van der Waals surface area contributed by atoms with Gasteiger partial charge in [-0.1, -0.05) is 23.9 Å². The molecule has 0 N–H and O–H groups in total. The molecule has 5 heteroatoms. The third-order valence-corrected chi connectivity index (χ3v) is 8.41. The van der Waals surface area contributed by atoms with Crippen LogP contribution in [0.1, 0.15) is 0 Å². The molecule has 4 rings (SSSR count). The van der Waals surface area contributed by atoms with Crippen LogP contribution in [0.4, 0.5) is 0 Å². The summed E-state index contributed by atoms with van der Waals surface area (Å²) in [6, 6.07) is 12.4. The van der Waals surface area contributed by atoms with Gasteiger partial charge in [-0.15, -0.1) is 23.5 Å². The van der Waals surface area contributed by atoms with E-state index < -0.39 is 10.8 Å². The van der Waals surface area contributed by atoms with Gasteiger partial charge < -0.3 is 0 Å². The average Bonchev–Trinajstić information content (AvgIpc) is 2.37. The first-order valence-electron chi connectivity index (χ1n) is 5.46. The second-order valence-electron chi connectivity index (χ2n) is 3.94. The highest BCUT2D eigenvalue weighted by atomic mass is 32.2. The fraction of sp³-hybridized carbons (Fsp3) is 0.0769. The molecular weight excluding hydrogens is 300 g/mol. The third kappa shape index (κ3) is 1.61. The molecule has 0 amide bonds. The van der Waals surface area contributed by atoms with Gasteiger partial charge in [0.25, 0.3) is 0 Å². The van der Waals surface area contributed by atoms with Crippen molar-refractivity contribution < 1.29 is 4.21 Å². The van der Waals surface area contributed by atoms with E-state index in [0.717, 1.165) is 24.7 Å².